The number of methoxy groups -OCH3 is 1. The summed E-state index contributed by atoms with van der Waals surface area (Å²) in [4.78, 5) is 21.6. The number of nitrogens with zero attached hydrogens (tertiary/aromatic N) is 2. The highest BCUT2D eigenvalue weighted by Crippen LogP contribution is 2.52. The van der Waals surface area contributed by atoms with E-state index < -0.39 is 21.3 Å². The molecule has 1 N–H and O–H groups in total. The van der Waals surface area contributed by atoms with Gasteiger partial charge in [-0.25, -0.2) is 18.1 Å². The quantitative estimate of drug-likeness (QED) is 0.601. The van der Waals surface area contributed by atoms with E-state index in [1.54, 1.807) is 36.5 Å². The van der Waals surface area contributed by atoms with Crippen LogP contribution in [0.3, 0.4) is 0 Å². The van der Waals surface area contributed by atoms with Gasteiger partial charge in [-0.1, -0.05) is 6.07 Å². The molecule has 1 aliphatic carbocycles. The largest absolute Gasteiger partial charge is 0.489 e. The van der Waals surface area contributed by atoms with Gasteiger partial charge in [0, 0.05) is 23.2 Å². The van der Waals surface area contributed by atoms with Crippen LogP contribution in [0.5, 0.6) is 11.6 Å². The molecule has 1 aliphatic rings. The van der Waals surface area contributed by atoms with Crippen LogP contribution in [0.15, 0.2) is 53.7 Å². The first kappa shape index (κ1) is 21.0. The maximum Gasteiger partial charge on any atom is 0.264 e. The van der Waals surface area contributed by atoms with Crippen LogP contribution in [-0.4, -0.2) is 37.5 Å². The topological polar surface area (TPSA) is 107 Å². The molecule has 1 aromatic carbocycles. The minimum absolute atomic E-state index is 0.00760. The lowest BCUT2D eigenvalue weighted by Gasteiger charge is -2.21. The Labute approximate surface area is 180 Å². The zero-order valence-electron chi connectivity index (χ0n) is 17.5. The van der Waals surface area contributed by atoms with E-state index in [2.05, 4.69) is 14.7 Å². The van der Waals surface area contributed by atoms with Crippen molar-refractivity contribution in [1.82, 2.24) is 14.7 Å². The third-order valence-corrected chi connectivity index (χ3v) is 6.63. The van der Waals surface area contributed by atoms with Crippen molar-refractivity contribution in [3.05, 3.63) is 54.4 Å². The van der Waals surface area contributed by atoms with Crippen molar-refractivity contribution >= 4 is 26.8 Å². The maximum absolute atomic E-state index is 13.3. The number of benzene rings is 1. The Kier molecular flexibility index (Phi) is 5.30. The number of amides is 1. The second-order valence-electron chi connectivity index (χ2n) is 7.73. The average Bonchev–Trinajstić information content (AvgIpc) is 3.55. The van der Waals surface area contributed by atoms with Crippen LogP contribution in [0.1, 0.15) is 32.3 Å². The van der Waals surface area contributed by atoms with Crippen LogP contribution < -0.4 is 14.2 Å². The Hall–Kier alpha value is -3.20. The summed E-state index contributed by atoms with van der Waals surface area (Å²) in [7, 11) is -2.64. The van der Waals surface area contributed by atoms with Crippen molar-refractivity contribution in [3.8, 4) is 11.6 Å². The van der Waals surface area contributed by atoms with Gasteiger partial charge in [-0.15, -0.1) is 0 Å². The van der Waals surface area contributed by atoms with Gasteiger partial charge in [0.05, 0.1) is 35.2 Å². The number of sulfonamides is 1. The molecule has 0 atom stereocenters. The summed E-state index contributed by atoms with van der Waals surface area (Å²) in [6.07, 6.45) is 3.94. The molecule has 1 amide bonds. The fraction of sp³-hybridized carbons (Fsp3) is 0.318. The molecule has 0 saturated heterocycles. The molecule has 0 unspecified atom stereocenters. The predicted molar refractivity (Wildman–Crippen MR) is 115 cm³/mol. The number of hydrogen-bond donors (Lipinski definition) is 1. The van der Waals surface area contributed by atoms with Crippen molar-refractivity contribution in [2.75, 3.05) is 7.11 Å². The second kappa shape index (κ2) is 7.81. The normalized spacial score (nSPS) is 15.0. The van der Waals surface area contributed by atoms with Crippen molar-refractivity contribution in [1.29, 1.82) is 0 Å². The van der Waals surface area contributed by atoms with Crippen molar-refractivity contribution < 1.29 is 22.7 Å². The average molecular weight is 442 g/mol. The van der Waals surface area contributed by atoms with Crippen LogP contribution >= 0.6 is 0 Å². The second-order valence-corrected chi connectivity index (χ2v) is 9.38. The van der Waals surface area contributed by atoms with Crippen LogP contribution in [0.4, 0.5) is 0 Å². The van der Waals surface area contributed by atoms with E-state index in [0.29, 0.717) is 40.9 Å². The van der Waals surface area contributed by atoms with Gasteiger partial charge in [-0.05, 0) is 51.0 Å². The van der Waals surface area contributed by atoms with Crippen molar-refractivity contribution in [2.24, 2.45) is 0 Å². The van der Waals surface area contributed by atoms with Crippen LogP contribution in [0.2, 0.25) is 0 Å². The van der Waals surface area contributed by atoms with E-state index in [1.165, 1.54) is 19.4 Å². The molecule has 0 bridgehead atoms. The highest BCUT2D eigenvalue weighted by atomic mass is 32.2. The first-order chi connectivity index (χ1) is 14.8. The lowest BCUT2D eigenvalue weighted by atomic mass is 9.95. The van der Waals surface area contributed by atoms with Gasteiger partial charge in [0.2, 0.25) is 11.8 Å². The van der Waals surface area contributed by atoms with E-state index in [9.17, 15) is 13.2 Å². The van der Waals surface area contributed by atoms with E-state index in [0.717, 1.165) is 0 Å². The molecule has 3 aromatic rings. The molecule has 0 aliphatic heterocycles. The molecule has 162 valence electrons. The molecular formula is C22H23N3O5S. The summed E-state index contributed by atoms with van der Waals surface area (Å²) in [5, 5.41) is 0.449. The van der Waals surface area contributed by atoms with Gasteiger partial charge in [0.25, 0.3) is 10.0 Å². The van der Waals surface area contributed by atoms with Gasteiger partial charge < -0.3 is 9.47 Å². The highest BCUT2D eigenvalue weighted by Gasteiger charge is 2.54. The standard InChI is InChI=1S/C22H23N3O5S/c1-14(2)30-18-13-24-20(29-3)12-16(18)22(9-10-22)21(26)25-31(27,28)19-8-4-7-17-15(19)6-5-11-23-17/h4-8,11-14H,9-10H2,1-3H3,(H,25,26). The van der Waals surface area contributed by atoms with Gasteiger partial charge in [-0.2, -0.15) is 0 Å². The summed E-state index contributed by atoms with van der Waals surface area (Å²) in [6, 6.07) is 9.74. The Balaban J connectivity index is 1.70. The molecule has 1 fully saturated rings. The number of aromatic nitrogens is 2. The monoisotopic (exact) mass is 441 g/mol. The SMILES string of the molecule is COc1cc(C2(C(=O)NS(=O)(=O)c3cccc4ncccc34)CC2)c(OC(C)C)cn1. The predicted octanol–water partition coefficient (Wildman–Crippen LogP) is 2.96. The highest BCUT2D eigenvalue weighted by molar-refractivity contribution is 7.90. The molecule has 31 heavy (non-hydrogen) atoms. The minimum Gasteiger partial charge on any atom is -0.489 e. The molecule has 9 heteroatoms. The summed E-state index contributed by atoms with van der Waals surface area (Å²) >= 11 is 0. The number of ether oxygens (including phenoxy) is 2. The number of fused-ring (bicyclic) bond motifs is 1. The molecule has 2 heterocycles. The molecule has 0 spiro atoms. The van der Waals surface area contributed by atoms with Crippen LogP contribution in [0.25, 0.3) is 10.9 Å². The number of carbonyl (C=O) groups is 1. The lowest BCUT2D eigenvalue weighted by molar-refractivity contribution is -0.121. The number of rotatable bonds is 7. The number of hydrogen-bond acceptors (Lipinski definition) is 7. The smallest absolute Gasteiger partial charge is 0.264 e. The zero-order valence-corrected chi connectivity index (χ0v) is 18.3. The third-order valence-electron chi connectivity index (χ3n) is 5.24. The van der Waals surface area contributed by atoms with E-state index in [-0.39, 0.29) is 11.0 Å². The number of pyridine rings is 2. The van der Waals surface area contributed by atoms with Gasteiger partial charge in [0.15, 0.2) is 0 Å². The maximum atomic E-state index is 13.3. The van der Waals surface area contributed by atoms with Crippen LogP contribution in [0, 0.1) is 0 Å². The zero-order chi connectivity index (χ0) is 22.2. The number of nitrogens with one attached hydrogen (secondary N) is 1. The molecule has 1 saturated carbocycles. The van der Waals surface area contributed by atoms with Crippen LogP contribution in [-0.2, 0) is 20.2 Å². The van der Waals surface area contributed by atoms with E-state index >= 15 is 0 Å². The summed E-state index contributed by atoms with van der Waals surface area (Å²) in [5.41, 5.74) is 0.0851. The van der Waals surface area contributed by atoms with E-state index in [4.69, 9.17) is 9.47 Å². The summed E-state index contributed by atoms with van der Waals surface area (Å²) in [5.74, 6) is 0.165. The summed E-state index contributed by atoms with van der Waals surface area (Å²) < 4.78 is 39.6. The fourth-order valence-electron chi connectivity index (χ4n) is 3.58. The van der Waals surface area contributed by atoms with Gasteiger partial charge in [-0.3, -0.25) is 9.78 Å². The molecule has 0 radical (unpaired) electrons. The van der Waals surface area contributed by atoms with E-state index in [1.807, 2.05) is 13.8 Å². The summed E-state index contributed by atoms with van der Waals surface area (Å²) in [6.45, 7) is 3.74. The minimum atomic E-state index is -4.12. The first-order valence-corrected chi connectivity index (χ1v) is 11.4. The molecule has 8 nitrogen and oxygen atoms in total. The lowest BCUT2D eigenvalue weighted by Crippen LogP contribution is -2.39. The Morgan fingerprint density at radius 2 is 1.94 bits per heavy atom. The number of carbonyl (C=O) groups excluding carboxylic acids is 1. The molecule has 2 aromatic heterocycles. The molecular weight excluding hydrogens is 418 g/mol. The first-order valence-electron chi connectivity index (χ1n) is 9.89. The van der Waals surface area contributed by atoms with Gasteiger partial charge in [0.1, 0.15) is 5.75 Å². The Morgan fingerprint density at radius 3 is 2.61 bits per heavy atom. The van der Waals surface area contributed by atoms with Gasteiger partial charge >= 0.3 is 0 Å². The Morgan fingerprint density at radius 1 is 1.16 bits per heavy atom. The van der Waals surface area contributed by atoms with Crippen molar-refractivity contribution in [2.45, 2.75) is 43.1 Å². The van der Waals surface area contributed by atoms with Crippen molar-refractivity contribution in [3.63, 3.8) is 0 Å². The molecule has 4 rings (SSSR count). The third kappa shape index (κ3) is 3.93. The fourth-order valence-corrected chi connectivity index (χ4v) is 4.85. The Bertz CT molecular complexity index is 1250.